The molecule has 2 aromatic carbocycles. The van der Waals surface area contributed by atoms with Crippen molar-refractivity contribution < 1.29 is 14.3 Å². The lowest BCUT2D eigenvalue weighted by molar-refractivity contribution is 0.0936. The fraction of sp³-hybridized carbons (Fsp3) is 0.222. The van der Waals surface area contributed by atoms with Gasteiger partial charge in [-0.3, -0.25) is 9.59 Å². The van der Waals surface area contributed by atoms with E-state index in [2.05, 4.69) is 10.6 Å². The van der Waals surface area contributed by atoms with Gasteiger partial charge in [0, 0.05) is 30.5 Å². The van der Waals surface area contributed by atoms with E-state index in [0.29, 0.717) is 30.0 Å². The highest BCUT2D eigenvalue weighted by Gasteiger charge is 2.08. The lowest BCUT2D eigenvalue weighted by Gasteiger charge is -2.08. The van der Waals surface area contributed by atoms with E-state index in [1.165, 1.54) is 0 Å². The molecule has 0 saturated heterocycles. The van der Waals surface area contributed by atoms with Gasteiger partial charge in [0.05, 0.1) is 6.61 Å². The van der Waals surface area contributed by atoms with Crippen LogP contribution in [0.4, 0.5) is 5.69 Å². The molecule has 0 aliphatic heterocycles. The van der Waals surface area contributed by atoms with Crippen molar-refractivity contribution in [3.63, 3.8) is 0 Å². The highest BCUT2D eigenvalue weighted by molar-refractivity contribution is 6.04. The Labute approximate surface area is 135 Å². The number of hydrogen-bond acceptors (Lipinski definition) is 3. The maximum atomic E-state index is 12.2. The number of carbonyl (C=O) groups excluding carboxylic acids is 2. The number of carbonyl (C=O) groups is 2. The summed E-state index contributed by atoms with van der Waals surface area (Å²) in [5.41, 5.74) is 2.81. The van der Waals surface area contributed by atoms with E-state index in [4.69, 9.17) is 4.74 Å². The van der Waals surface area contributed by atoms with Crippen molar-refractivity contribution >= 4 is 17.5 Å². The minimum absolute atomic E-state index is 0.168. The van der Waals surface area contributed by atoms with Crippen LogP contribution in [0.15, 0.2) is 48.5 Å². The largest absolute Gasteiger partial charge is 0.383 e. The molecule has 0 fully saturated rings. The molecule has 0 atom stereocenters. The van der Waals surface area contributed by atoms with Crippen LogP contribution >= 0.6 is 0 Å². The summed E-state index contributed by atoms with van der Waals surface area (Å²) in [5, 5.41) is 5.55. The second-order valence-electron chi connectivity index (χ2n) is 5.15. The standard InChI is InChI=1S/C18H20N2O3/c1-13-4-3-5-15(12-13)18(22)20-16-8-6-14(7-9-16)17(21)19-10-11-23-2/h3-9,12H,10-11H2,1-2H3,(H,19,21)(H,20,22). The van der Waals surface area contributed by atoms with Crippen LogP contribution in [0, 0.1) is 6.92 Å². The minimum Gasteiger partial charge on any atom is -0.383 e. The van der Waals surface area contributed by atoms with Gasteiger partial charge in [0.1, 0.15) is 0 Å². The smallest absolute Gasteiger partial charge is 0.255 e. The SMILES string of the molecule is COCCNC(=O)c1ccc(NC(=O)c2cccc(C)c2)cc1. The number of amides is 2. The third-order valence-electron chi connectivity index (χ3n) is 3.28. The average Bonchev–Trinajstić information content (AvgIpc) is 2.55. The molecular weight excluding hydrogens is 292 g/mol. The van der Waals surface area contributed by atoms with Gasteiger partial charge in [0.15, 0.2) is 0 Å². The van der Waals surface area contributed by atoms with Crippen molar-refractivity contribution in [2.24, 2.45) is 0 Å². The van der Waals surface area contributed by atoms with Crippen molar-refractivity contribution in [3.8, 4) is 0 Å². The molecule has 0 saturated carbocycles. The molecular formula is C18H20N2O3. The zero-order chi connectivity index (χ0) is 16.7. The summed E-state index contributed by atoms with van der Waals surface area (Å²) in [6, 6.07) is 14.1. The zero-order valence-corrected chi connectivity index (χ0v) is 13.3. The van der Waals surface area contributed by atoms with Gasteiger partial charge in [0.25, 0.3) is 11.8 Å². The number of methoxy groups -OCH3 is 1. The third kappa shape index (κ3) is 4.93. The highest BCUT2D eigenvalue weighted by atomic mass is 16.5. The maximum absolute atomic E-state index is 12.2. The summed E-state index contributed by atoms with van der Waals surface area (Å²) in [7, 11) is 1.58. The lowest BCUT2D eigenvalue weighted by atomic mass is 10.1. The Kier molecular flexibility index (Phi) is 5.88. The second kappa shape index (κ2) is 8.10. The fourth-order valence-corrected chi connectivity index (χ4v) is 2.06. The Morgan fingerprint density at radius 1 is 1.00 bits per heavy atom. The van der Waals surface area contributed by atoms with Gasteiger partial charge in [-0.1, -0.05) is 17.7 Å². The van der Waals surface area contributed by atoms with E-state index in [-0.39, 0.29) is 11.8 Å². The molecule has 23 heavy (non-hydrogen) atoms. The number of benzene rings is 2. The van der Waals surface area contributed by atoms with Crippen LogP contribution in [-0.2, 0) is 4.74 Å². The van der Waals surface area contributed by atoms with Crippen molar-refractivity contribution in [2.75, 3.05) is 25.6 Å². The first-order valence-electron chi connectivity index (χ1n) is 7.35. The summed E-state index contributed by atoms with van der Waals surface area (Å²) in [5.74, 6) is -0.343. The monoisotopic (exact) mass is 312 g/mol. The molecule has 0 aliphatic rings. The number of rotatable bonds is 6. The van der Waals surface area contributed by atoms with Crippen LogP contribution in [-0.4, -0.2) is 32.1 Å². The molecule has 2 rings (SSSR count). The highest BCUT2D eigenvalue weighted by Crippen LogP contribution is 2.12. The van der Waals surface area contributed by atoms with Crippen LogP contribution < -0.4 is 10.6 Å². The van der Waals surface area contributed by atoms with Gasteiger partial charge >= 0.3 is 0 Å². The van der Waals surface area contributed by atoms with Crippen molar-refractivity contribution in [1.82, 2.24) is 5.32 Å². The summed E-state index contributed by atoms with van der Waals surface area (Å²) < 4.78 is 4.88. The quantitative estimate of drug-likeness (QED) is 0.806. The van der Waals surface area contributed by atoms with Gasteiger partial charge in [-0.15, -0.1) is 0 Å². The molecule has 0 aromatic heterocycles. The van der Waals surface area contributed by atoms with Gasteiger partial charge in [-0.05, 0) is 43.3 Å². The number of anilines is 1. The second-order valence-corrected chi connectivity index (χ2v) is 5.15. The van der Waals surface area contributed by atoms with Gasteiger partial charge < -0.3 is 15.4 Å². The summed E-state index contributed by atoms with van der Waals surface area (Å²) in [6.45, 7) is 2.87. The van der Waals surface area contributed by atoms with Gasteiger partial charge in [-0.2, -0.15) is 0 Å². The predicted octanol–water partition coefficient (Wildman–Crippen LogP) is 2.62. The molecule has 0 radical (unpaired) electrons. The minimum atomic E-state index is -0.175. The summed E-state index contributed by atoms with van der Waals surface area (Å²) in [6.07, 6.45) is 0. The summed E-state index contributed by atoms with van der Waals surface area (Å²) in [4.78, 5) is 24.0. The Bertz CT molecular complexity index is 681. The average molecular weight is 312 g/mol. The lowest BCUT2D eigenvalue weighted by Crippen LogP contribution is -2.26. The van der Waals surface area contributed by atoms with E-state index in [1.807, 2.05) is 25.1 Å². The Hall–Kier alpha value is -2.66. The van der Waals surface area contributed by atoms with Crippen molar-refractivity contribution in [1.29, 1.82) is 0 Å². The molecule has 2 N–H and O–H groups in total. The first-order valence-corrected chi connectivity index (χ1v) is 7.35. The van der Waals surface area contributed by atoms with E-state index in [1.54, 1.807) is 37.4 Å². The van der Waals surface area contributed by atoms with Crippen LogP contribution in [0.25, 0.3) is 0 Å². The van der Waals surface area contributed by atoms with Crippen LogP contribution in [0.3, 0.4) is 0 Å². The molecule has 120 valence electrons. The molecule has 5 nitrogen and oxygen atoms in total. The molecule has 5 heteroatoms. The molecule has 0 aliphatic carbocycles. The maximum Gasteiger partial charge on any atom is 0.255 e. The summed E-state index contributed by atoms with van der Waals surface area (Å²) >= 11 is 0. The van der Waals surface area contributed by atoms with E-state index in [9.17, 15) is 9.59 Å². The number of aryl methyl sites for hydroxylation is 1. The van der Waals surface area contributed by atoms with Crippen LogP contribution in [0.5, 0.6) is 0 Å². The number of nitrogens with one attached hydrogen (secondary N) is 2. The van der Waals surface area contributed by atoms with Crippen LogP contribution in [0.2, 0.25) is 0 Å². The van der Waals surface area contributed by atoms with Crippen molar-refractivity contribution in [2.45, 2.75) is 6.92 Å². The molecule has 2 aromatic rings. The normalized spacial score (nSPS) is 10.2. The third-order valence-corrected chi connectivity index (χ3v) is 3.28. The number of hydrogen-bond donors (Lipinski definition) is 2. The fourth-order valence-electron chi connectivity index (χ4n) is 2.06. The molecule has 2 amide bonds. The Balaban J connectivity index is 1.97. The van der Waals surface area contributed by atoms with Crippen LogP contribution in [0.1, 0.15) is 26.3 Å². The topological polar surface area (TPSA) is 67.4 Å². The first-order chi connectivity index (χ1) is 11.1. The molecule has 0 heterocycles. The Morgan fingerprint density at radius 3 is 2.39 bits per heavy atom. The molecule has 0 unspecified atom stereocenters. The van der Waals surface area contributed by atoms with E-state index < -0.39 is 0 Å². The Morgan fingerprint density at radius 2 is 1.74 bits per heavy atom. The van der Waals surface area contributed by atoms with Gasteiger partial charge in [0.2, 0.25) is 0 Å². The van der Waals surface area contributed by atoms with E-state index >= 15 is 0 Å². The van der Waals surface area contributed by atoms with Gasteiger partial charge in [-0.25, -0.2) is 0 Å². The predicted molar refractivity (Wildman–Crippen MR) is 89.8 cm³/mol. The van der Waals surface area contributed by atoms with Crippen molar-refractivity contribution in [3.05, 3.63) is 65.2 Å². The molecule has 0 spiro atoms. The van der Waals surface area contributed by atoms with E-state index in [0.717, 1.165) is 5.56 Å². The zero-order valence-electron chi connectivity index (χ0n) is 13.3. The number of ether oxygens (including phenoxy) is 1. The molecule has 0 bridgehead atoms. The first kappa shape index (κ1) is 16.7.